The molecule has 0 radical (unpaired) electrons. The Bertz CT molecular complexity index is 2790. The van der Waals surface area contributed by atoms with Crippen molar-refractivity contribution in [2.45, 2.75) is 76.2 Å². The number of ether oxygens (including phenoxy) is 5. The maximum atomic E-state index is 15.3. The van der Waals surface area contributed by atoms with Crippen LogP contribution in [0.4, 0.5) is 5.69 Å². The van der Waals surface area contributed by atoms with Crippen LogP contribution in [-0.4, -0.2) is 76.7 Å². The Morgan fingerprint density at radius 2 is 1.60 bits per heavy atom. The van der Waals surface area contributed by atoms with Crippen LogP contribution in [0.1, 0.15) is 74.5 Å². The summed E-state index contributed by atoms with van der Waals surface area (Å²) in [7, 11) is 0. The molecule has 374 valence electrons. The fraction of sp³-hybridized carbons (Fsp3) is 0.345. The molecule has 2 heterocycles. The predicted octanol–water partition coefficient (Wildman–Crippen LogP) is 11.2. The third-order valence-corrected chi connectivity index (χ3v) is 14.1. The number of amides is 1. The molecule has 6 unspecified atom stereocenters. The van der Waals surface area contributed by atoms with Crippen molar-refractivity contribution >= 4 is 23.4 Å². The van der Waals surface area contributed by atoms with Crippen LogP contribution < -0.4 is 18.9 Å². The van der Waals surface area contributed by atoms with E-state index in [4.69, 9.17) is 33.7 Å². The van der Waals surface area contributed by atoms with Crippen molar-refractivity contribution in [1.29, 1.82) is 0 Å². The van der Waals surface area contributed by atoms with Gasteiger partial charge in [-0.1, -0.05) is 78.7 Å². The number of carbonyl (C=O) groups is 1. The van der Waals surface area contributed by atoms with Gasteiger partial charge in [0.05, 0.1) is 23.2 Å². The summed E-state index contributed by atoms with van der Waals surface area (Å²) in [4.78, 5) is 34.0. The molecular formula is C58H61N3O11. The standard InChI is InChI=1S/C58H61N3O11/c1-3-32-69-58-54(60(37-40-18-27-52-53(33-40)68-38-67-52)55(64)29-19-39-16-22-44(23-17-39)61(65)66)36-50(59-70-4-2)48-34-43(14-8-10-30-62)47(15-9-11-31-63)56(57(48)58)49-35-46(26-28-51(49)72-58)71-45-24-20-42(21-25-45)41-12-6-5-7-13-41/h3,5-7,12-13,16-29,33-35,43,47,54,56-57,62-63H,1,4,8-11,14-15,30-32,36-38H2,2H3. The highest BCUT2D eigenvalue weighted by molar-refractivity contribution is 6.03. The first-order valence-electron chi connectivity index (χ1n) is 24.9. The second kappa shape index (κ2) is 22.9. The van der Waals surface area contributed by atoms with Gasteiger partial charge in [0.2, 0.25) is 18.5 Å². The van der Waals surface area contributed by atoms with Crippen molar-refractivity contribution < 1.29 is 48.5 Å². The van der Waals surface area contributed by atoms with Gasteiger partial charge in [0.1, 0.15) is 29.9 Å². The number of non-ortho nitro benzene ring substituents is 1. The monoisotopic (exact) mass is 975 g/mol. The number of benzene rings is 5. The van der Waals surface area contributed by atoms with E-state index in [1.807, 2.05) is 79.7 Å². The van der Waals surface area contributed by atoms with E-state index in [9.17, 15) is 20.3 Å². The molecule has 5 aromatic rings. The highest BCUT2D eigenvalue weighted by Gasteiger charge is 2.65. The summed E-state index contributed by atoms with van der Waals surface area (Å²) < 4.78 is 32.8. The SMILES string of the molecule is C=CCOC12Oc3ccc(Oc4ccc(-c5ccccc5)cc4)cc3C3C(CCCCO)C(CCCCO)C=C(C(=NOCC)CC1N(Cc1ccc4c(c1)OCO4)C(=O)C=Cc1ccc([N+](=O)[O-])cc1)C32. The van der Waals surface area contributed by atoms with Crippen molar-refractivity contribution in [1.82, 2.24) is 4.90 Å². The van der Waals surface area contributed by atoms with E-state index in [0.717, 1.165) is 53.5 Å². The third kappa shape index (κ3) is 10.7. The molecule has 72 heavy (non-hydrogen) atoms. The maximum absolute atomic E-state index is 15.3. The summed E-state index contributed by atoms with van der Waals surface area (Å²) in [6, 6.07) is 34.9. The van der Waals surface area contributed by atoms with Gasteiger partial charge in [-0.25, -0.2) is 0 Å². The van der Waals surface area contributed by atoms with Gasteiger partial charge in [0.25, 0.3) is 5.69 Å². The lowest BCUT2D eigenvalue weighted by Crippen LogP contribution is -2.70. The normalized spacial score (nSPS) is 22.1. The molecule has 0 bridgehead atoms. The van der Waals surface area contributed by atoms with E-state index in [2.05, 4.69) is 30.9 Å². The number of aliphatic hydroxyl groups excluding tert-OH is 2. The Balaban J connectivity index is 1.20. The number of oxime groups is 1. The number of unbranched alkanes of at least 4 members (excludes halogenated alkanes) is 2. The number of carbonyl (C=O) groups excluding carboxylic acids is 1. The molecule has 2 N–H and O–H groups in total. The van der Waals surface area contributed by atoms with E-state index in [1.165, 1.54) is 18.2 Å². The number of nitro benzene ring substituents is 1. The minimum absolute atomic E-state index is 0.00843. The highest BCUT2D eigenvalue weighted by atomic mass is 16.7. The zero-order valence-corrected chi connectivity index (χ0v) is 40.5. The predicted molar refractivity (Wildman–Crippen MR) is 274 cm³/mol. The highest BCUT2D eigenvalue weighted by Crippen LogP contribution is 2.62. The van der Waals surface area contributed by atoms with Crippen molar-refractivity contribution in [2.24, 2.45) is 22.9 Å². The summed E-state index contributed by atoms with van der Waals surface area (Å²) in [6.07, 6.45) is 11.7. The zero-order chi connectivity index (χ0) is 50.0. The Labute approximate surface area is 419 Å². The zero-order valence-electron chi connectivity index (χ0n) is 40.5. The lowest BCUT2D eigenvalue weighted by atomic mass is 9.55. The Morgan fingerprint density at radius 3 is 2.33 bits per heavy atom. The molecule has 2 aliphatic carbocycles. The van der Waals surface area contributed by atoms with E-state index in [1.54, 1.807) is 29.2 Å². The lowest BCUT2D eigenvalue weighted by molar-refractivity contribution is -0.384. The van der Waals surface area contributed by atoms with Gasteiger partial charge in [-0.2, -0.15) is 0 Å². The molecule has 5 aromatic carbocycles. The first-order valence-corrected chi connectivity index (χ1v) is 24.9. The quantitative estimate of drug-likeness (QED) is 0.0222. The van der Waals surface area contributed by atoms with E-state index < -0.39 is 22.7 Å². The molecule has 9 rings (SSSR count). The van der Waals surface area contributed by atoms with Crippen LogP contribution in [0.25, 0.3) is 17.2 Å². The van der Waals surface area contributed by atoms with Crippen molar-refractivity contribution in [3.8, 4) is 39.9 Å². The van der Waals surface area contributed by atoms with E-state index in [0.29, 0.717) is 59.5 Å². The average molecular weight is 976 g/mol. The van der Waals surface area contributed by atoms with Crippen LogP contribution in [0.3, 0.4) is 0 Å². The number of hydrogen-bond acceptors (Lipinski definition) is 12. The molecule has 6 atom stereocenters. The summed E-state index contributed by atoms with van der Waals surface area (Å²) >= 11 is 0. The minimum Gasteiger partial charge on any atom is -0.459 e. The van der Waals surface area contributed by atoms with Gasteiger partial charge >= 0.3 is 0 Å². The number of aliphatic hydroxyl groups is 2. The molecule has 1 saturated carbocycles. The van der Waals surface area contributed by atoms with E-state index in [-0.39, 0.29) is 68.9 Å². The fourth-order valence-corrected chi connectivity index (χ4v) is 10.9. The second-order valence-corrected chi connectivity index (χ2v) is 18.5. The fourth-order valence-electron chi connectivity index (χ4n) is 10.9. The maximum Gasteiger partial charge on any atom is 0.269 e. The van der Waals surface area contributed by atoms with Crippen LogP contribution in [0.2, 0.25) is 0 Å². The van der Waals surface area contributed by atoms with Gasteiger partial charge in [0, 0.05) is 55.9 Å². The van der Waals surface area contributed by atoms with Crippen LogP contribution in [0, 0.1) is 27.9 Å². The van der Waals surface area contributed by atoms with Gasteiger partial charge in [-0.3, -0.25) is 14.9 Å². The Morgan fingerprint density at radius 1 is 0.875 bits per heavy atom. The molecule has 1 fully saturated rings. The van der Waals surface area contributed by atoms with Crippen LogP contribution in [-0.2, 0) is 20.9 Å². The molecular weight excluding hydrogens is 915 g/mol. The minimum atomic E-state index is -1.53. The number of rotatable bonds is 22. The first kappa shape index (κ1) is 49.7. The van der Waals surface area contributed by atoms with Crippen molar-refractivity contribution in [2.75, 3.05) is 33.2 Å². The summed E-state index contributed by atoms with van der Waals surface area (Å²) in [5.74, 6) is 0.325. The second-order valence-electron chi connectivity index (χ2n) is 18.5. The van der Waals surface area contributed by atoms with Crippen LogP contribution >= 0.6 is 0 Å². The van der Waals surface area contributed by atoms with Crippen molar-refractivity contribution in [3.63, 3.8) is 0 Å². The molecule has 14 nitrogen and oxygen atoms in total. The number of hydrogen-bond donors (Lipinski definition) is 2. The van der Waals surface area contributed by atoms with Gasteiger partial charge in [-0.05, 0) is 133 Å². The smallest absolute Gasteiger partial charge is 0.269 e. The van der Waals surface area contributed by atoms with Gasteiger partial charge < -0.3 is 43.6 Å². The number of nitrogens with zero attached hydrogens (tertiary/aromatic N) is 3. The Hall–Kier alpha value is -7.26. The number of allylic oxidation sites excluding steroid dienone is 1. The van der Waals surface area contributed by atoms with E-state index >= 15 is 4.79 Å². The molecule has 14 heteroatoms. The molecule has 2 aliphatic heterocycles. The lowest BCUT2D eigenvalue weighted by Gasteiger charge is -2.60. The average Bonchev–Trinajstić information content (AvgIpc) is 3.88. The Kier molecular flexibility index (Phi) is 15.8. The molecule has 1 amide bonds. The molecule has 0 saturated heterocycles. The summed E-state index contributed by atoms with van der Waals surface area (Å²) in [5, 5.41) is 36.4. The van der Waals surface area contributed by atoms with Crippen LogP contribution in [0.5, 0.6) is 28.7 Å². The third-order valence-electron chi connectivity index (χ3n) is 14.1. The van der Waals surface area contributed by atoms with Gasteiger partial charge in [0.15, 0.2) is 11.5 Å². The van der Waals surface area contributed by atoms with Crippen LogP contribution in [0.15, 0.2) is 151 Å². The molecule has 0 aromatic heterocycles. The topological polar surface area (TPSA) is 172 Å². The largest absolute Gasteiger partial charge is 0.459 e. The van der Waals surface area contributed by atoms with Gasteiger partial charge in [-0.15, -0.1) is 6.58 Å². The number of fused-ring (bicyclic) bond motifs is 3. The first-order chi connectivity index (χ1) is 35.2. The summed E-state index contributed by atoms with van der Waals surface area (Å²) in [6.45, 7) is 6.65. The van der Waals surface area contributed by atoms with Crippen molar-refractivity contribution in [3.05, 3.63) is 172 Å². The summed E-state index contributed by atoms with van der Waals surface area (Å²) in [5.41, 5.74) is 5.97. The number of nitro groups is 1. The molecule has 0 spiro atoms. The molecule has 4 aliphatic rings.